The summed E-state index contributed by atoms with van der Waals surface area (Å²) in [5, 5.41) is 11.9. The summed E-state index contributed by atoms with van der Waals surface area (Å²) in [5.41, 5.74) is 6.36. The van der Waals surface area contributed by atoms with Gasteiger partial charge in [-0.05, 0) is 38.5 Å². The van der Waals surface area contributed by atoms with Gasteiger partial charge in [0.05, 0.1) is 12.2 Å². The Hall–Kier alpha value is -1.08. The fourth-order valence-electron chi connectivity index (χ4n) is 3.64. The van der Waals surface area contributed by atoms with E-state index in [2.05, 4.69) is 15.6 Å². The molecule has 2 fully saturated rings. The third kappa shape index (κ3) is 4.96. The minimum Gasteiger partial charge on any atom is -0.350 e. The van der Waals surface area contributed by atoms with Gasteiger partial charge in [0.25, 0.3) is 5.91 Å². The zero-order chi connectivity index (χ0) is 16.8. The van der Waals surface area contributed by atoms with Crippen LogP contribution in [0.3, 0.4) is 0 Å². The lowest BCUT2D eigenvalue weighted by Crippen LogP contribution is -2.28. The van der Waals surface area contributed by atoms with E-state index in [1.54, 1.807) is 6.20 Å². The Kier molecular flexibility index (Phi) is 6.54. The number of carbonyl (C=O) groups is 1. The number of nitrogens with zero attached hydrogens (tertiary/aromatic N) is 3. The van der Waals surface area contributed by atoms with Crippen LogP contribution >= 0.6 is 11.8 Å². The second-order valence-corrected chi connectivity index (χ2v) is 8.45. The molecule has 0 aromatic carbocycles. The molecule has 2 aliphatic rings. The van der Waals surface area contributed by atoms with Crippen molar-refractivity contribution in [3.05, 3.63) is 11.9 Å². The largest absolute Gasteiger partial charge is 0.350 e. The number of hydrogen-bond donors (Lipinski definition) is 2. The summed E-state index contributed by atoms with van der Waals surface area (Å²) in [6.45, 7) is 0.700. The molecule has 0 atom stereocenters. The Labute approximate surface area is 148 Å². The number of nitrogens with one attached hydrogen (secondary N) is 1. The summed E-state index contributed by atoms with van der Waals surface area (Å²) in [6.07, 6.45) is 12.6. The van der Waals surface area contributed by atoms with Crippen LogP contribution in [0.15, 0.2) is 6.20 Å². The Morgan fingerprint density at radius 3 is 2.71 bits per heavy atom. The van der Waals surface area contributed by atoms with E-state index in [-0.39, 0.29) is 5.91 Å². The van der Waals surface area contributed by atoms with E-state index < -0.39 is 0 Å². The molecular weight excluding hydrogens is 322 g/mol. The molecule has 2 aliphatic carbocycles. The van der Waals surface area contributed by atoms with Gasteiger partial charge in [-0.15, -0.1) is 5.10 Å². The first kappa shape index (κ1) is 17.7. The van der Waals surface area contributed by atoms with Crippen LogP contribution in [0.5, 0.6) is 0 Å². The van der Waals surface area contributed by atoms with Crippen LogP contribution in [0.25, 0.3) is 0 Å². The van der Waals surface area contributed by atoms with Crippen LogP contribution in [0, 0.1) is 0 Å². The molecule has 1 aromatic heterocycles. The van der Waals surface area contributed by atoms with E-state index in [4.69, 9.17) is 5.73 Å². The van der Waals surface area contributed by atoms with E-state index in [1.807, 2.05) is 16.4 Å². The van der Waals surface area contributed by atoms with Gasteiger partial charge in [0.15, 0.2) is 5.69 Å². The van der Waals surface area contributed by atoms with Gasteiger partial charge in [0.2, 0.25) is 0 Å². The van der Waals surface area contributed by atoms with Crippen LogP contribution in [-0.4, -0.2) is 44.5 Å². The standard InChI is InChI=1S/C17H29N5OS/c18-13-6-8-14(9-7-13)22-12-16(20-21-22)17(23)19-10-11-24-15-4-2-1-3-5-15/h12-15H,1-11,18H2,(H,19,23). The maximum absolute atomic E-state index is 12.2. The molecule has 134 valence electrons. The molecule has 2 saturated carbocycles. The predicted molar refractivity (Wildman–Crippen MR) is 97.2 cm³/mol. The average molecular weight is 352 g/mol. The number of thioether (sulfide) groups is 1. The molecule has 0 radical (unpaired) electrons. The van der Waals surface area contributed by atoms with E-state index in [9.17, 15) is 4.79 Å². The maximum Gasteiger partial charge on any atom is 0.273 e. The predicted octanol–water partition coefficient (Wildman–Crippen LogP) is 2.52. The number of nitrogens with two attached hydrogens (primary N) is 1. The number of aromatic nitrogens is 3. The number of rotatable bonds is 6. The Morgan fingerprint density at radius 2 is 1.96 bits per heavy atom. The second kappa shape index (κ2) is 8.85. The highest BCUT2D eigenvalue weighted by molar-refractivity contribution is 7.99. The van der Waals surface area contributed by atoms with Gasteiger partial charge in [-0.1, -0.05) is 24.5 Å². The lowest BCUT2D eigenvalue weighted by Gasteiger charge is -2.25. The summed E-state index contributed by atoms with van der Waals surface area (Å²) in [7, 11) is 0. The minimum atomic E-state index is -0.113. The Morgan fingerprint density at radius 1 is 1.21 bits per heavy atom. The first-order valence-corrected chi connectivity index (χ1v) is 10.3. The first-order chi connectivity index (χ1) is 11.7. The Balaban J connectivity index is 1.39. The molecule has 0 bridgehead atoms. The molecule has 0 spiro atoms. The number of amides is 1. The van der Waals surface area contributed by atoms with E-state index >= 15 is 0 Å². The highest BCUT2D eigenvalue weighted by Gasteiger charge is 2.22. The van der Waals surface area contributed by atoms with Crippen LogP contribution in [0.2, 0.25) is 0 Å². The van der Waals surface area contributed by atoms with Gasteiger partial charge in [-0.3, -0.25) is 4.79 Å². The summed E-state index contributed by atoms with van der Waals surface area (Å²) >= 11 is 1.99. The topological polar surface area (TPSA) is 85.8 Å². The number of carbonyl (C=O) groups excluding carboxylic acids is 1. The van der Waals surface area contributed by atoms with Crippen molar-refractivity contribution in [2.24, 2.45) is 5.73 Å². The van der Waals surface area contributed by atoms with Crippen LogP contribution in [0.4, 0.5) is 0 Å². The lowest BCUT2D eigenvalue weighted by atomic mass is 9.92. The molecule has 24 heavy (non-hydrogen) atoms. The molecule has 6 nitrogen and oxygen atoms in total. The van der Waals surface area contributed by atoms with Crippen molar-refractivity contribution in [2.75, 3.05) is 12.3 Å². The number of hydrogen-bond acceptors (Lipinski definition) is 5. The zero-order valence-corrected chi connectivity index (χ0v) is 15.1. The minimum absolute atomic E-state index is 0.113. The van der Waals surface area contributed by atoms with Gasteiger partial charge in [0.1, 0.15) is 0 Å². The summed E-state index contributed by atoms with van der Waals surface area (Å²) in [5.74, 6) is 0.864. The molecule has 0 aliphatic heterocycles. The van der Waals surface area contributed by atoms with Crippen LogP contribution < -0.4 is 11.1 Å². The van der Waals surface area contributed by atoms with Gasteiger partial charge >= 0.3 is 0 Å². The first-order valence-electron chi connectivity index (χ1n) is 9.29. The zero-order valence-electron chi connectivity index (χ0n) is 14.3. The molecule has 0 unspecified atom stereocenters. The molecular formula is C17H29N5OS. The third-order valence-corrected chi connectivity index (χ3v) is 6.53. The van der Waals surface area contributed by atoms with Crippen LogP contribution in [-0.2, 0) is 0 Å². The van der Waals surface area contributed by atoms with E-state index in [0.29, 0.717) is 24.3 Å². The van der Waals surface area contributed by atoms with Gasteiger partial charge < -0.3 is 11.1 Å². The highest BCUT2D eigenvalue weighted by atomic mass is 32.2. The normalized spacial score (nSPS) is 25.5. The van der Waals surface area contributed by atoms with Crippen molar-refractivity contribution in [3.8, 4) is 0 Å². The summed E-state index contributed by atoms with van der Waals surface area (Å²) in [6, 6.07) is 0.648. The SMILES string of the molecule is NC1CCC(n2cc(C(=O)NCCSC3CCCCC3)nn2)CC1. The van der Waals surface area contributed by atoms with Crippen LogP contribution in [0.1, 0.15) is 74.3 Å². The van der Waals surface area contributed by atoms with Gasteiger partial charge in [-0.25, -0.2) is 4.68 Å². The second-order valence-electron chi connectivity index (χ2n) is 7.04. The lowest BCUT2D eigenvalue weighted by molar-refractivity contribution is 0.0951. The van der Waals surface area contributed by atoms with Gasteiger partial charge in [0, 0.05) is 23.6 Å². The summed E-state index contributed by atoms with van der Waals surface area (Å²) in [4.78, 5) is 12.2. The van der Waals surface area contributed by atoms with Crippen molar-refractivity contribution in [3.63, 3.8) is 0 Å². The van der Waals surface area contributed by atoms with Crippen molar-refractivity contribution in [1.82, 2.24) is 20.3 Å². The molecule has 1 aromatic rings. The third-order valence-electron chi connectivity index (χ3n) is 5.15. The molecule has 7 heteroatoms. The molecule has 1 amide bonds. The quantitative estimate of drug-likeness (QED) is 0.769. The van der Waals surface area contributed by atoms with Crippen molar-refractivity contribution in [2.45, 2.75) is 75.1 Å². The van der Waals surface area contributed by atoms with Crippen molar-refractivity contribution in [1.29, 1.82) is 0 Å². The molecule has 1 heterocycles. The molecule has 3 N–H and O–H groups in total. The Bertz CT molecular complexity index is 521. The maximum atomic E-state index is 12.2. The molecule has 0 saturated heterocycles. The van der Waals surface area contributed by atoms with E-state index in [1.165, 1.54) is 32.1 Å². The highest BCUT2D eigenvalue weighted by Crippen LogP contribution is 2.28. The van der Waals surface area contributed by atoms with Crippen molar-refractivity contribution < 1.29 is 4.79 Å². The monoisotopic (exact) mass is 351 g/mol. The smallest absolute Gasteiger partial charge is 0.273 e. The van der Waals surface area contributed by atoms with Crippen molar-refractivity contribution >= 4 is 17.7 Å². The van der Waals surface area contributed by atoms with E-state index in [0.717, 1.165) is 36.7 Å². The average Bonchev–Trinajstić information content (AvgIpc) is 3.10. The molecule has 3 rings (SSSR count). The fourth-order valence-corrected chi connectivity index (χ4v) is 4.86. The van der Waals surface area contributed by atoms with Gasteiger partial charge in [-0.2, -0.15) is 11.8 Å². The fraction of sp³-hybridized carbons (Fsp3) is 0.824. The summed E-state index contributed by atoms with van der Waals surface area (Å²) < 4.78 is 1.84.